The quantitative estimate of drug-likeness (QED) is 0.716. The van der Waals surface area contributed by atoms with Crippen LogP contribution in [0.4, 0.5) is 0 Å². The Bertz CT molecular complexity index is 235. The van der Waals surface area contributed by atoms with Crippen molar-refractivity contribution in [3.8, 4) is 0 Å². The predicted octanol–water partition coefficient (Wildman–Crippen LogP) is 2.02. The third-order valence-electron chi connectivity index (χ3n) is 3.35. The minimum absolute atomic E-state index is 0.0867. The van der Waals surface area contributed by atoms with Gasteiger partial charge in [-0.1, -0.05) is 20.3 Å². The van der Waals surface area contributed by atoms with E-state index in [1.807, 2.05) is 6.92 Å². The third-order valence-corrected chi connectivity index (χ3v) is 4.59. The number of nitrogens with one attached hydrogen (secondary N) is 2. The van der Waals surface area contributed by atoms with Crippen molar-refractivity contribution in [1.29, 1.82) is 0 Å². The Morgan fingerprint density at radius 1 is 1.59 bits per heavy atom. The molecule has 3 nitrogen and oxygen atoms in total. The molecule has 3 unspecified atom stereocenters. The number of rotatable bonds is 6. The summed E-state index contributed by atoms with van der Waals surface area (Å²) in [5, 5.41) is 6.63. The summed E-state index contributed by atoms with van der Waals surface area (Å²) in [5.74, 6) is 1.85. The van der Waals surface area contributed by atoms with Crippen molar-refractivity contribution in [3.05, 3.63) is 0 Å². The topological polar surface area (TPSA) is 41.1 Å². The van der Waals surface area contributed by atoms with Gasteiger partial charge in [-0.25, -0.2) is 0 Å². The van der Waals surface area contributed by atoms with Crippen LogP contribution in [0.25, 0.3) is 0 Å². The molecular formula is C13H26N2OS. The lowest BCUT2D eigenvalue weighted by Crippen LogP contribution is -2.50. The molecule has 17 heavy (non-hydrogen) atoms. The molecule has 0 radical (unpaired) electrons. The van der Waals surface area contributed by atoms with E-state index in [0.717, 1.165) is 25.3 Å². The van der Waals surface area contributed by atoms with E-state index < -0.39 is 0 Å². The lowest BCUT2D eigenvalue weighted by molar-refractivity contribution is -0.121. The van der Waals surface area contributed by atoms with Gasteiger partial charge in [0.2, 0.25) is 5.91 Å². The number of carbonyl (C=O) groups excluding carboxylic acids is 1. The second-order valence-electron chi connectivity index (χ2n) is 4.95. The fourth-order valence-corrected chi connectivity index (χ4v) is 3.04. The second-order valence-corrected chi connectivity index (χ2v) is 6.40. The number of thioether (sulfide) groups is 1. The molecule has 1 amide bonds. The Labute approximate surface area is 109 Å². The normalized spacial score (nSPS) is 26.5. The average molecular weight is 258 g/mol. The highest BCUT2D eigenvalue weighted by molar-refractivity contribution is 8.00. The number of amides is 1. The van der Waals surface area contributed by atoms with Gasteiger partial charge in [0, 0.05) is 6.04 Å². The van der Waals surface area contributed by atoms with Crippen molar-refractivity contribution < 1.29 is 4.79 Å². The van der Waals surface area contributed by atoms with E-state index in [0.29, 0.717) is 12.0 Å². The Kier molecular flexibility index (Phi) is 6.97. The van der Waals surface area contributed by atoms with Gasteiger partial charge in [0.15, 0.2) is 0 Å². The smallest absolute Gasteiger partial charge is 0.233 e. The SMILES string of the molecule is CCCCSC(C)C(=O)NC1CCNCC1C. The van der Waals surface area contributed by atoms with E-state index in [9.17, 15) is 4.79 Å². The molecule has 1 aliphatic rings. The van der Waals surface area contributed by atoms with E-state index >= 15 is 0 Å². The second kappa shape index (κ2) is 7.98. The minimum atomic E-state index is 0.0867. The summed E-state index contributed by atoms with van der Waals surface area (Å²) in [5.41, 5.74) is 0. The molecule has 0 bridgehead atoms. The summed E-state index contributed by atoms with van der Waals surface area (Å²) < 4.78 is 0. The maximum absolute atomic E-state index is 12.0. The van der Waals surface area contributed by atoms with Crippen LogP contribution in [0.15, 0.2) is 0 Å². The van der Waals surface area contributed by atoms with Crippen LogP contribution in [0.3, 0.4) is 0 Å². The molecule has 2 N–H and O–H groups in total. The standard InChI is InChI=1S/C13H26N2OS/c1-4-5-8-17-11(3)13(16)15-12-6-7-14-9-10(12)2/h10-12,14H,4-9H2,1-3H3,(H,15,16). The van der Waals surface area contributed by atoms with Gasteiger partial charge in [-0.2, -0.15) is 0 Å². The Morgan fingerprint density at radius 2 is 2.35 bits per heavy atom. The van der Waals surface area contributed by atoms with Crippen LogP contribution in [0.5, 0.6) is 0 Å². The highest BCUT2D eigenvalue weighted by Crippen LogP contribution is 2.15. The molecule has 1 saturated heterocycles. The van der Waals surface area contributed by atoms with Crippen molar-refractivity contribution in [2.45, 2.75) is 51.3 Å². The highest BCUT2D eigenvalue weighted by Gasteiger charge is 2.24. The molecule has 0 aromatic rings. The van der Waals surface area contributed by atoms with Gasteiger partial charge in [0.25, 0.3) is 0 Å². The van der Waals surface area contributed by atoms with Crippen LogP contribution < -0.4 is 10.6 Å². The van der Waals surface area contributed by atoms with Crippen molar-refractivity contribution in [1.82, 2.24) is 10.6 Å². The summed E-state index contributed by atoms with van der Waals surface area (Å²) in [6.07, 6.45) is 3.46. The van der Waals surface area contributed by atoms with Gasteiger partial charge in [-0.05, 0) is 44.5 Å². The fraction of sp³-hybridized carbons (Fsp3) is 0.923. The molecule has 0 aromatic heterocycles. The zero-order chi connectivity index (χ0) is 12.7. The maximum Gasteiger partial charge on any atom is 0.233 e. The van der Waals surface area contributed by atoms with Crippen LogP contribution in [0.2, 0.25) is 0 Å². The zero-order valence-electron chi connectivity index (χ0n) is 11.3. The van der Waals surface area contributed by atoms with Crippen LogP contribution in [0.1, 0.15) is 40.0 Å². The highest BCUT2D eigenvalue weighted by atomic mass is 32.2. The van der Waals surface area contributed by atoms with Crippen molar-refractivity contribution in [3.63, 3.8) is 0 Å². The fourth-order valence-electron chi connectivity index (χ4n) is 2.01. The largest absolute Gasteiger partial charge is 0.352 e. The first kappa shape index (κ1) is 14.8. The monoisotopic (exact) mass is 258 g/mol. The van der Waals surface area contributed by atoms with Gasteiger partial charge in [-0.3, -0.25) is 4.79 Å². The maximum atomic E-state index is 12.0. The molecule has 100 valence electrons. The molecule has 4 heteroatoms. The van der Waals surface area contributed by atoms with Crippen molar-refractivity contribution >= 4 is 17.7 Å². The predicted molar refractivity (Wildman–Crippen MR) is 75.4 cm³/mol. The minimum Gasteiger partial charge on any atom is -0.352 e. The molecular weight excluding hydrogens is 232 g/mol. The lowest BCUT2D eigenvalue weighted by Gasteiger charge is -2.31. The zero-order valence-corrected chi connectivity index (χ0v) is 12.1. The van der Waals surface area contributed by atoms with Gasteiger partial charge in [-0.15, -0.1) is 11.8 Å². The number of unbranched alkanes of at least 4 members (excludes halogenated alkanes) is 1. The summed E-state index contributed by atoms with van der Waals surface area (Å²) in [4.78, 5) is 12.0. The third kappa shape index (κ3) is 5.30. The number of hydrogen-bond donors (Lipinski definition) is 2. The van der Waals surface area contributed by atoms with Crippen LogP contribution >= 0.6 is 11.8 Å². The Balaban J connectivity index is 2.26. The molecule has 1 heterocycles. The van der Waals surface area contributed by atoms with Gasteiger partial charge < -0.3 is 10.6 Å². The van der Waals surface area contributed by atoms with Crippen molar-refractivity contribution in [2.75, 3.05) is 18.8 Å². The van der Waals surface area contributed by atoms with Crippen LogP contribution in [-0.2, 0) is 4.79 Å². The first-order valence-corrected chi connectivity index (χ1v) is 7.82. The van der Waals surface area contributed by atoms with Gasteiger partial charge >= 0.3 is 0 Å². The van der Waals surface area contributed by atoms with E-state index in [1.54, 1.807) is 11.8 Å². The summed E-state index contributed by atoms with van der Waals surface area (Å²) >= 11 is 1.77. The molecule has 1 fully saturated rings. The van der Waals surface area contributed by atoms with E-state index in [2.05, 4.69) is 24.5 Å². The van der Waals surface area contributed by atoms with E-state index in [4.69, 9.17) is 0 Å². The average Bonchev–Trinajstić information content (AvgIpc) is 2.32. The van der Waals surface area contributed by atoms with Gasteiger partial charge in [0.1, 0.15) is 0 Å². The number of piperidine rings is 1. The Morgan fingerprint density at radius 3 is 3.00 bits per heavy atom. The van der Waals surface area contributed by atoms with E-state index in [1.165, 1.54) is 12.8 Å². The summed E-state index contributed by atoms with van der Waals surface area (Å²) in [6, 6.07) is 0.359. The molecule has 0 aliphatic carbocycles. The van der Waals surface area contributed by atoms with Crippen molar-refractivity contribution in [2.24, 2.45) is 5.92 Å². The molecule has 1 aliphatic heterocycles. The molecule has 0 saturated carbocycles. The molecule has 0 aromatic carbocycles. The number of carbonyl (C=O) groups is 1. The Hall–Kier alpha value is -0.220. The molecule has 0 spiro atoms. The molecule has 3 atom stereocenters. The summed E-state index contributed by atoms with van der Waals surface area (Å²) in [6.45, 7) is 8.43. The van der Waals surface area contributed by atoms with Gasteiger partial charge in [0.05, 0.1) is 5.25 Å². The lowest BCUT2D eigenvalue weighted by atomic mass is 9.95. The van der Waals surface area contributed by atoms with Crippen LogP contribution in [-0.4, -0.2) is 36.0 Å². The number of hydrogen-bond acceptors (Lipinski definition) is 3. The first-order valence-electron chi connectivity index (χ1n) is 6.77. The first-order chi connectivity index (χ1) is 8.15. The summed E-state index contributed by atoms with van der Waals surface area (Å²) in [7, 11) is 0. The van der Waals surface area contributed by atoms with E-state index in [-0.39, 0.29) is 11.2 Å². The molecule has 1 rings (SSSR count). The van der Waals surface area contributed by atoms with Crippen LogP contribution in [0, 0.1) is 5.92 Å².